The predicted molar refractivity (Wildman–Crippen MR) is 81.3 cm³/mol. The minimum atomic E-state index is -0.709. The third-order valence-corrected chi connectivity index (χ3v) is 3.00. The summed E-state index contributed by atoms with van der Waals surface area (Å²) in [4.78, 5) is 23.6. The van der Waals surface area contributed by atoms with Crippen molar-refractivity contribution in [2.75, 3.05) is 0 Å². The fourth-order valence-electron chi connectivity index (χ4n) is 1.85. The second-order valence-electron chi connectivity index (χ2n) is 5.56. The van der Waals surface area contributed by atoms with Crippen LogP contribution in [-0.2, 0) is 20.9 Å². The molecule has 21 heavy (non-hydrogen) atoms. The van der Waals surface area contributed by atoms with Crippen molar-refractivity contribution >= 4 is 11.9 Å². The Hall–Kier alpha value is -1.88. The summed E-state index contributed by atoms with van der Waals surface area (Å²) in [6.07, 6.45) is 0.581. The molecule has 0 aliphatic carbocycles. The van der Waals surface area contributed by atoms with E-state index in [1.807, 2.05) is 44.2 Å². The fourth-order valence-corrected chi connectivity index (χ4v) is 1.85. The second-order valence-corrected chi connectivity index (χ2v) is 5.56. The number of carbonyl (C=O) groups is 2. The lowest BCUT2D eigenvalue weighted by molar-refractivity contribution is -0.148. The van der Waals surface area contributed by atoms with E-state index in [1.165, 1.54) is 0 Å². The number of benzene rings is 1. The van der Waals surface area contributed by atoms with Gasteiger partial charge in [-0.1, -0.05) is 44.2 Å². The lowest BCUT2D eigenvalue weighted by Crippen LogP contribution is -2.48. The maximum Gasteiger partial charge on any atom is 0.328 e. The molecule has 2 atom stereocenters. The molecular weight excluding hydrogens is 268 g/mol. The molecule has 1 aromatic carbocycles. The number of nitrogens with two attached hydrogens (primary N) is 1. The number of carbonyl (C=O) groups excluding carboxylic acids is 2. The molecule has 1 rings (SSSR count). The Morgan fingerprint density at radius 1 is 1.19 bits per heavy atom. The van der Waals surface area contributed by atoms with Crippen LogP contribution >= 0.6 is 0 Å². The average molecular weight is 292 g/mol. The summed E-state index contributed by atoms with van der Waals surface area (Å²) in [6.45, 7) is 5.76. The van der Waals surface area contributed by atoms with Gasteiger partial charge < -0.3 is 15.8 Å². The highest BCUT2D eigenvalue weighted by Crippen LogP contribution is 2.04. The van der Waals surface area contributed by atoms with E-state index in [1.54, 1.807) is 6.92 Å². The van der Waals surface area contributed by atoms with Crippen molar-refractivity contribution in [1.29, 1.82) is 0 Å². The van der Waals surface area contributed by atoms with E-state index in [0.717, 1.165) is 5.56 Å². The van der Waals surface area contributed by atoms with Gasteiger partial charge in [-0.2, -0.15) is 0 Å². The number of rotatable bonds is 7. The van der Waals surface area contributed by atoms with Gasteiger partial charge in [0.05, 0.1) is 6.04 Å². The zero-order valence-corrected chi connectivity index (χ0v) is 12.8. The van der Waals surface area contributed by atoms with E-state index >= 15 is 0 Å². The molecule has 0 spiro atoms. The van der Waals surface area contributed by atoms with Crippen molar-refractivity contribution in [3.63, 3.8) is 0 Å². The molecule has 0 radical (unpaired) electrons. The lowest BCUT2D eigenvalue weighted by atomic mass is 10.0. The number of ether oxygens (including phenoxy) is 1. The van der Waals surface area contributed by atoms with E-state index in [0.29, 0.717) is 12.3 Å². The smallest absolute Gasteiger partial charge is 0.328 e. The van der Waals surface area contributed by atoms with Crippen LogP contribution in [0.4, 0.5) is 0 Å². The number of hydrogen-bond donors (Lipinski definition) is 2. The van der Waals surface area contributed by atoms with Crippen LogP contribution in [0.3, 0.4) is 0 Å². The van der Waals surface area contributed by atoms with Gasteiger partial charge in [-0.3, -0.25) is 4.79 Å². The highest BCUT2D eigenvalue weighted by Gasteiger charge is 2.21. The molecule has 0 aliphatic rings. The van der Waals surface area contributed by atoms with Crippen LogP contribution in [0.1, 0.15) is 32.8 Å². The topological polar surface area (TPSA) is 81.4 Å². The zero-order valence-electron chi connectivity index (χ0n) is 12.8. The summed E-state index contributed by atoms with van der Waals surface area (Å²) in [6, 6.07) is 8.07. The molecule has 0 saturated carbocycles. The largest absolute Gasteiger partial charge is 0.459 e. The van der Waals surface area contributed by atoms with Gasteiger partial charge in [-0.05, 0) is 24.8 Å². The first-order valence-electron chi connectivity index (χ1n) is 7.16. The first-order chi connectivity index (χ1) is 9.90. The molecule has 0 bridgehead atoms. The van der Waals surface area contributed by atoms with Crippen molar-refractivity contribution in [2.45, 2.75) is 45.9 Å². The van der Waals surface area contributed by atoms with Crippen molar-refractivity contribution in [2.24, 2.45) is 11.7 Å². The standard InChI is InChI=1S/C16H24N2O3/c1-11(2)9-14(17)15(19)18-12(3)16(20)21-10-13-7-5-4-6-8-13/h4-8,11-12,14H,9-10,17H2,1-3H3,(H,18,19). The van der Waals surface area contributed by atoms with Gasteiger partial charge in [0.25, 0.3) is 0 Å². The highest BCUT2D eigenvalue weighted by molar-refractivity contribution is 5.87. The molecular formula is C16H24N2O3. The van der Waals surface area contributed by atoms with Gasteiger partial charge in [0.2, 0.25) is 5.91 Å². The van der Waals surface area contributed by atoms with Crippen molar-refractivity contribution in [3.05, 3.63) is 35.9 Å². The summed E-state index contributed by atoms with van der Waals surface area (Å²) in [5, 5.41) is 2.58. The summed E-state index contributed by atoms with van der Waals surface area (Å²) in [5.74, 6) is -0.470. The summed E-state index contributed by atoms with van der Waals surface area (Å²) in [5.41, 5.74) is 6.67. The Balaban J connectivity index is 2.38. The second kappa shape index (κ2) is 8.42. The van der Waals surface area contributed by atoms with Crippen LogP contribution in [0.2, 0.25) is 0 Å². The zero-order chi connectivity index (χ0) is 15.8. The van der Waals surface area contributed by atoms with E-state index < -0.39 is 18.1 Å². The molecule has 1 amide bonds. The fraction of sp³-hybridized carbons (Fsp3) is 0.500. The first kappa shape index (κ1) is 17.2. The molecule has 5 heteroatoms. The molecule has 0 fully saturated rings. The van der Waals surface area contributed by atoms with Crippen LogP contribution in [0, 0.1) is 5.92 Å². The average Bonchev–Trinajstić information content (AvgIpc) is 2.44. The minimum absolute atomic E-state index is 0.192. The number of amides is 1. The van der Waals surface area contributed by atoms with Crippen LogP contribution < -0.4 is 11.1 Å². The Bertz CT molecular complexity index is 460. The van der Waals surface area contributed by atoms with Crippen LogP contribution in [0.15, 0.2) is 30.3 Å². The number of nitrogens with one attached hydrogen (secondary N) is 1. The Kier molecular flexibility index (Phi) is 6.88. The molecule has 2 unspecified atom stereocenters. The maximum atomic E-state index is 11.8. The number of esters is 1. The van der Waals surface area contributed by atoms with Crippen molar-refractivity contribution in [3.8, 4) is 0 Å². The molecule has 5 nitrogen and oxygen atoms in total. The highest BCUT2D eigenvalue weighted by atomic mass is 16.5. The minimum Gasteiger partial charge on any atom is -0.459 e. The lowest BCUT2D eigenvalue weighted by Gasteiger charge is -2.18. The van der Waals surface area contributed by atoms with Gasteiger partial charge in [0, 0.05) is 0 Å². The molecule has 0 saturated heterocycles. The monoisotopic (exact) mass is 292 g/mol. The molecule has 0 aliphatic heterocycles. The summed E-state index contributed by atoms with van der Waals surface area (Å²) < 4.78 is 5.16. The van der Waals surface area contributed by atoms with Gasteiger partial charge in [-0.15, -0.1) is 0 Å². The Labute approximate surface area is 125 Å². The van der Waals surface area contributed by atoms with Crippen molar-refractivity contribution in [1.82, 2.24) is 5.32 Å². The van der Waals surface area contributed by atoms with Crippen LogP contribution in [-0.4, -0.2) is 24.0 Å². The van der Waals surface area contributed by atoms with Crippen LogP contribution in [0.25, 0.3) is 0 Å². The van der Waals surface area contributed by atoms with E-state index in [-0.39, 0.29) is 12.5 Å². The third-order valence-electron chi connectivity index (χ3n) is 3.00. The summed E-state index contributed by atoms with van der Waals surface area (Å²) in [7, 11) is 0. The quantitative estimate of drug-likeness (QED) is 0.748. The normalized spacial score (nSPS) is 13.6. The molecule has 116 valence electrons. The van der Waals surface area contributed by atoms with Gasteiger partial charge in [0.1, 0.15) is 12.6 Å². The van der Waals surface area contributed by atoms with Gasteiger partial charge in [0.15, 0.2) is 0 Å². The summed E-state index contributed by atoms with van der Waals surface area (Å²) >= 11 is 0. The molecule has 0 aromatic heterocycles. The van der Waals surface area contributed by atoms with E-state index in [9.17, 15) is 9.59 Å². The van der Waals surface area contributed by atoms with E-state index in [2.05, 4.69) is 5.32 Å². The predicted octanol–water partition coefficient (Wildman–Crippen LogP) is 1.61. The van der Waals surface area contributed by atoms with Crippen molar-refractivity contribution < 1.29 is 14.3 Å². The SMILES string of the molecule is CC(C)CC(N)C(=O)NC(C)C(=O)OCc1ccccc1. The number of hydrogen-bond acceptors (Lipinski definition) is 4. The maximum absolute atomic E-state index is 11.8. The molecule has 3 N–H and O–H groups in total. The third kappa shape index (κ3) is 6.40. The van der Waals surface area contributed by atoms with Crippen LogP contribution in [0.5, 0.6) is 0 Å². The Morgan fingerprint density at radius 2 is 1.81 bits per heavy atom. The first-order valence-corrected chi connectivity index (χ1v) is 7.16. The Morgan fingerprint density at radius 3 is 2.38 bits per heavy atom. The van der Waals surface area contributed by atoms with Gasteiger partial charge >= 0.3 is 5.97 Å². The van der Waals surface area contributed by atoms with Gasteiger partial charge in [-0.25, -0.2) is 4.79 Å². The molecule has 0 heterocycles. The molecule has 1 aromatic rings. The van der Waals surface area contributed by atoms with E-state index in [4.69, 9.17) is 10.5 Å².